The molecule has 2 heterocycles. The van der Waals surface area contributed by atoms with E-state index in [4.69, 9.17) is 5.73 Å². The van der Waals surface area contributed by atoms with Crippen LogP contribution >= 0.6 is 0 Å². The van der Waals surface area contributed by atoms with Gasteiger partial charge in [-0.05, 0) is 13.3 Å². The number of anilines is 1. The van der Waals surface area contributed by atoms with Gasteiger partial charge in [0.25, 0.3) is 0 Å². The highest BCUT2D eigenvalue weighted by Crippen LogP contribution is 2.28. The average Bonchev–Trinajstić information content (AvgIpc) is 2.84. The van der Waals surface area contributed by atoms with E-state index in [2.05, 4.69) is 23.6 Å². The number of aryl methyl sites for hydroxylation is 3. The molecule has 0 spiro atoms. The van der Waals surface area contributed by atoms with Crippen LogP contribution in [0.5, 0.6) is 0 Å². The third kappa shape index (κ3) is 1.92. The quantitative estimate of drug-likeness (QED) is 0.837. The Bertz CT molecular complexity index is 576. The Hall–Kier alpha value is -2.04. The monoisotopic (exact) mass is 245 g/mol. The molecule has 96 valence electrons. The predicted octanol–water partition coefficient (Wildman–Crippen LogP) is 1.92. The van der Waals surface area contributed by atoms with Gasteiger partial charge in [0, 0.05) is 25.4 Å². The molecule has 5 nitrogen and oxygen atoms in total. The second-order valence-corrected chi connectivity index (χ2v) is 4.31. The van der Waals surface area contributed by atoms with Gasteiger partial charge in [-0.3, -0.25) is 4.68 Å². The normalized spacial score (nSPS) is 10.8. The summed E-state index contributed by atoms with van der Waals surface area (Å²) < 4.78 is 3.75. The Morgan fingerprint density at radius 1 is 1.50 bits per heavy atom. The zero-order chi connectivity index (χ0) is 13.3. The number of nitrogens with zero attached hydrogens (tertiary/aromatic N) is 4. The maximum absolute atomic E-state index is 6.17. The third-order valence-corrected chi connectivity index (χ3v) is 3.00. The highest BCUT2D eigenvalue weighted by Gasteiger charge is 2.17. The third-order valence-electron chi connectivity index (χ3n) is 3.00. The van der Waals surface area contributed by atoms with Gasteiger partial charge >= 0.3 is 0 Å². The van der Waals surface area contributed by atoms with Crippen LogP contribution in [0.2, 0.25) is 0 Å². The summed E-state index contributed by atoms with van der Waals surface area (Å²) in [6.45, 7) is 8.44. The summed E-state index contributed by atoms with van der Waals surface area (Å²) in [5, 5.41) is 4.42. The van der Waals surface area contributed by atoms with Gasteiger partial charge in [0.2, 0.25) is 0 Å². The van der Waals surface area contributed by atoms with Crippen molar-refractivity contribution >= 4 is 5.82 Å². The van der Waals surface area contributed by atoms with Crippen LogP contribution in [0, 0.1) is 6.92 Å². The molecule has 0 unspecified atom stereocenters. The largest absolute Gasteiger partial charge is 0.383 e. The molecule has 0 aromatic carbocycles. The van der Waals surface area contributed by atoms with Crippen LogP contribution in [0.15, 0.2) is 18.9 Å². The maximum Gasteiger partial charge on any atom is 0.132 e. The van der Waals surface area contributed by atoms with Crippen molar-refractivity contribution in [3.8, 4) is 11.3 Å². The van der Waals surface area contributed by atoms with Crippen LogP contribution in [-0.4, -0.2) is 19.3 Å². The summed E-state index contributed by atoms with van der Waals surface area (Å²) in [4.78, 5) is 4.56. The molecule has 0 fully saturated rings. The molecule has 0 aliphatic carbocycles. The van der Waals surface area contributed by atoms with Gasteiger partial charge in [0.1, 0.15) is 17.3 Å². The first kappa shape index (κ1) is 12.4. The molecule has 0 bridgehead atoms. The molecule has 2 N–H and O–H groups in total. The van der Waals surface area contributed by atoms with Crippen LogP contribution in [0.1, 0.15) is 18.4 Å². The van der Waals surface area contributed by atoms with E-state index in [0.29, 0.717) is 12.4 Å². The van der Waals surface area contributed by atoms with Crippen molar-refractivity contribution in [2.45, 2.75) is 26.8 Å². The van der Waals surface area contributed by atoms with E-state index in [1.165, 1.54) is 0 Å². The van der Waals surface area contributed by atoms with Crippen LogP contribution in [0.4, 0.5) is 5.82 Å². The SMILES string of the molecule is C=CCn1c(C)nc(-c2cn(C)nc2CC)c1N. The average molecular weight is 245 g/mol. The standard InChI is InChI=1S/C13H19N5/c1-5-7-18-9(3)15-12(13(18)14)10-8-17(4)16-11(10)6-2/h5,8H,1,6-7,14H2,2-4H3. The first-order valence-electron chi connectivity index (χ1n) is 6.04. The Kier molecular flexibility index (Phi) is 3.23. The molecule has 2 aromatic heterocycles. The number of imidazole rings is 1. The van der Waals surface area contributed by atoms with E-state index in [9.17, 15) is 0 Å². The van der Waals surface area contributed by atoms with Crippen LogP contribution in [0.3, 0.4) is 0 Å². The van der Waals surface area contributed by atoms with Gasteiger partial charge in [-0.2, -0.15) is 5.10 Å². The minimum atomic E-state index is 0.673. The molecule has 0 amide bonds. The molecule has 0 saturated heterocycles. The van der Waals surface area contributed by atoms with E-state index in [-0.39, 0.29) is 0 Å². The first-order valence-corrected chi connectivity index (χ1v) is 6.04. The van der Waals surface area contributed by atoms with Crippen molar-refractivity contribution in [3.05, 3.63) is 30.4 Å². The van der Waals surface area contributed by atoms with Gasteiger partial charge in [-0.25, -0.2) is 4.98 Å². The lowest BCUT2D eigenvalue weighted by Crippen LogP contribution is -2.03. The zero-order valence-corrected chi connectivity index (χ0v) is 11.1. The van der Waals surface area contributed by atoms with Crippen molar-refractivity contribution in [1.29, 1.82) is 0 Å². The highest BCUT2D eigenvalue weighted by atomic mass is 15.3. The fourth-order valence-electron chi connectivity index (χ4n) is 2.13. The minimum Gasteiger partial charge on any atom is -0.383 e. The molecule has 2 aromatic rings. The van der Waals surface area contributed by atoms with E-state index in [1.807, 2.05) is 30.8 Å². The fraction of sp³-hybridized carbons (Fsp3) is 0.385. The van der Waals surface area contributed by atoms with E-state index >= 15 is 0 Å². The van der Waals surface area contributed by atoms with Crippen LogP contribution in [0.25, 0.3) is 11.3 Å². The number of allylic oxidation sites excluding steroid dienone is 1. The van der Waals surface area contributed by atoms with Gasteiger partial charge < -0.3 is 10.3 Å². The highest BCUT2D eigenvalue weighted by molar-refractivity contribution is 5.72. The summed E-state index contributed by atoms with van der Waals surface area (Å²) in [7, 11) is 1.91. The lowest BCUT2D eigenvalue weighted by molar-refractivity contribution is 0.746. The minimum absolute atomic E-state index is 0.673. The summed E-state index contributed by atoms with van der Waals surface area (Å²) in [6, 6.07) is 0. The second-order valence-electron chi connectivity index (χ2n) is 4.31. The van der Waals surface area contributed by atoms with Gasteiger partial charge in [0.15, 0.2) is 0 Å². The van der Waals surface area contributed by atoms with Crippen molar-refractivity contribution in [1.82, 2.24) is 19.3 Å². The van der Waals surface area contributed by atoms with E-state index in [0.717, 1.165) is 29.2 Å². The lowest BCUT2D eigenvalue weighted by atomic mass is 10.1. The number of aromatic nitrogens is 4. The molecular formula is C13H19N5. The number of rotatable bonds is 4. The number of hydrogen-bond acceptors (Lipinski definition) is 3. The molecular weight excluding hydrogens is 226 g/mol. The second kappa shape index (κ2) is 4.68. The number of hydrogen-bond donors (Lipinski definition) is 1. The Morgan fingerprint density at radius 3 is 2.83 bits per heavy atom. The van der Waals surface area contributed by atoms with Crippen molar-refractivity contribution < 1.29 is 0 Å². The Morgan fingerprint density at radius 2 is 2.22 bits per heavy atom. The first-order chi connectivity index (χ1) is 8.58. The molecule has 0 radical (unpaired) electrons. The number of nitrogens with two attached hydrogens (primary N) is 1. The summed E-state index contributed by atoms with van der Waals surface area (Å²) >= 11 is 0. The molecule has 5 heteroatoms. The Balaban J connectivity index is 2.57. The maximum atomic E-state index is 6.17. The Labute approximate surface area is 107 Å². The van der Waals surface area contributed by atoms with Gasteiger partial charge in [-0.15, -0.1) is 6.58 Å². The summed E-state index contributed by atoms with van der Waals surface area (Å²) in [6.07, 6.45) is 4.65. The molecule has 18 heavy (non-hydrogen) atoms. The summed E-state index contributed by atoms with van der Waals surface area (Å²) in [5.74, 6) is 1.57. The topological polar surface area (TPSA) is 61.7 Å². The van der Waals surface area contributed by atoms with E-state index in [1.54, 1.807) is 4.68 Å². The number of nitrogen functional groups attached to an aromatic ring is 1. The van der Waals surface area contributed by atoms with Crippen LogP contribution in [-0.2, 0) is 20.0 Å². The zero-order valence-electron chi connectivity index (χ0n) is 11.1. The predicted molar refractivity (Wildman–Crippen MR) is 73.2 cm³/mol. The van der Waals surface area contributed by atoms with Crippen LogP contribution < -0.4 is 5.73 Å². The molecule has 0 saturated carbocycles. The van der Waals surface area contributed by atoms with Crippen molar-refractivity contribution in [2.24, 2.45) is 7.05 Å². The van der Waals surface area contributed by atoms with Gasteiger partial charge in [0.05, 0.1) is 5.69 Å². The van der Waals surface area contributed by atoms with Crippen molar-refractivity contribution in [3.63, 3.8) is 0 Å². The molecule has 2 rings (SSSR count). The van der Waals surface area contributed by atoms with Gasteiger partial charge in [-0.1, -0.05) is 13.0 Å². The van der Waals surface area contributed by atoms with Crippen molar-refractivity contribution in [2.75, 3.05) is 5.73 Å². The molecule has 0 atom stereocenters. The summed E-state index contributed by atoms with van der Waals surface area (Å²) in [5.41, 5.74) is 9.03. The lowest BCUT2D eigenvalue weighted by Gasteiger charge is -2.03. The molecule has 0 aliphatic rings. The smallest absolute Gasteiger partial charge is 0.132 e. The van der Waals surface area contributed by atoms with E-state index < -0.39 is 0 Å². The molecule has 0 aliphatic heterocycles. The fourth-order valence-corrected chi connectivity index (χ4v) is 2.13.